The first-order valence-electron chi connectivity index (χ1n) is 5.72. The summed E-state index contributed by atoms with van der Waals surface area (Å²) in [5.41, 5.74) is 0.0379. The highest BCUT2D eigenvalue weighted by molar-refractivity contribution is 7.86. The third-order valence-corrected chi connectivity index (χ3v) is 3.46. The lowest BCUT2D eigenvalue weighted by molar-refractivity contribution is 0.414. The highest BCUT2D eigenvalue weighted by Gasteiger charge is 2.16. The molecule has 0 saturated carbocycles. The van der Waals surface area contributed by atoms with E-state index in [-0.39, 0.29) is 22.0 Å². The van der Waals surface area contributed by atoms with E-state index in [2.05, 4.69) is 25.9 Å². The van der Waals surface area contributed by atoms with Crippen molar-refractivity contribution in [2.24, 2.45) is 0 Å². The average Bonchev–Trinajstić information content (AvgIpc) is 3.01. The highest BCUT2D eigenvalue weighted by Crippen LogP contribution is 2.26. The third kappa shape index (κ3) is 3.37. The quantitative estimate of drug-likeness (QED) is 0.525. The van der Waals surface area contributed by atoms with E-state index < -0.39 is 10.1 Å². The summed E-state index contributed by atoms with van der Waals surface area (Å²) >= 11 is 0. The molecule has 0 unspecified atom stereocenters. The van der Waals surface area contributed by atoms with E-state index in [0.29, 0.717) is 5.75 Å². The number of aromatic amines is 1. The first-order chi connectivity index (χ1) is 10.5. The molecule has 1 aromatic heterocycles. The third-order valence-electron chi connectivity index (χ3n) is 2.54. The summed E-state index contributed by atoms with van der Waals surface area (Å²) in [6, 6.07) is 5.73. The van der Waals surface area contributed by atoms with Crippen LogP contribution in [0, 0.1) is 11.3 Å². The van der Waals surface area contributed by atoms with Crippen molar-refractivity contribution in [1.82, 2.24) is 20.6 Å². The zero-order valence-corrected chi connectivity index (χ0v) is 12.0. The first kappa shape index (κ1) is 15.4. The Morgan fingerprint density at radius 3 is 2.86 bits per heavy atom. The zero-order valence-electron chi connectivity index (χ0n) is 11.2. The molecule has 10 nitrogen and oxygen atoms in total. The lowest BCUT2D eigenvalue weighted by Crippen LogP contribution is -2.04. The number of anilines is 1. The summed E-state index contributed by atoms with van der Waals surface area (Å²) < 4.78 is 36.9. The van der Waals surface area contributed by atoms with Crippen LogP contribution in [-0.2, 0) is 10.1 Å². The second kappa shape index (κ2) is 6.20. The van der Waals surface area contributed by atoms with E-state index in [0.717, 1.165) is 0 Å². The summed E-state index contributed by atoms with van der Waals surface area (Å²) in [4.78, 5) is -0.366. The lowest BCUT2D eigenvalue weighted by atomic mass is 10.2. The Hall–Kier alpha value is -2.97. The fourth-order valence-corrected chi connectivity index (χ4v) is 2.18. The van der Waals surface area contributed by atoms with Gasteiger partial charge in [0, 0.05) is 12.3 Å². The number of methoxy groups -OCH3 is 1. The number of nitriles is 1. The molecule has 1 aromatic carbocycles. The summed E-state index contributed by atoms with van der Waals surface area (Å²) in [6.45, 7) is 0. The molecule has 0 spiro atoms. The van der Waals surface area contributed by atoms with Gasteiger partial charge >= 0.3 is 0 Å². The molecule has 11 heteroatoms. The fourth-order valence-electron chi connectivity index (χ4n) is 1.55. The first-order valence-corrected chi connectivity index (χ1v) is 7.16. The Bertz CT molecular complexity index is 838. The van der Waals surface area contributed by atoms with Gasteiger partial charge in [-0.15, -0.1) is 10.2 Å². The number of benzene rings is 1. The topological polar surface area (TPSA) is 154 Å². The van der Waals surface area contributed by atoms with Crippen molar-refractivity contribution in [2.45, 2.75) is 4.90 Å². The summed E-state index contributed by atoms with van der Waals surface area (Å²) in [5, 5.41) is 24.4. The molecule has 0 aliphatic rings. The maximum absolute atomic E-state index is 11.3. The maximum atomic E-state index is 11.3. The fraction of sp³-hybridized carbons (Fsp3) is 0.0909. The number of ether oxygens (including phenoxy) is 1. The Morgan fingerprint density at radius 2 is 2.32 bits per heavy atom. The number of tetrazole rings is 1. The van der Waals surface area contributed by atoms with Crippen LogP contribution in [0.15, 0.2) is 29.3 Å². The van der Waals surface area contributed by atoms with Gasteiger partial charge in [0.15, 0.2) is 0 Å². The minimum absolute atomic E-state index is 0.0119. The molecule has 0 saturated heterocycles. The molecule has 2 aromatic rings. The molecular formula is C11H10N6O4S. The van der Waals surface area contributed by atoms with Gasteiger partial charge in [-0.3, -0.25) is 4.55 Å². The predicted molar refractivity (Wildman–Crippen MR) is 74.2 cm³/mol. The highest BCUT2D eigenvalue weighted by atomic mass is 32.2. The minimum atomic E-state index is -4.45. The van der Waals surface area contributed by atoms with Crippen LogP contribution in [0.5, 0.6) is 5.75 Å². The summed E-state index contributed by atoms with van der Waals surface area (Å²) in [5.74, 6) is 0.396. The number of H-pyrrole nitrogens is 1. The molecule has 0 aliphatic carbocycles. The molecule has 0 atom stereocenters. The molecule has 1 heterocycles. The van der Waals surface area contributed by atoms with Gasteiger partial charge in [-0.25, -0.2) is 0 Å². The van der Waals surface area contributed by atoms with Crippen LogP contribution in [0.3, 0.4) is 0 Å². The Balaban J connectivity index is 2.42. The number of hydrogen-bond acceptors (Lipinski definition) is 8. The monoisotopic (exact) mass is 322 g/mol. The molecule has 22 heavy (non-hydrogen) atoms. The van der Waals surface area contributed by atoms with Crippen LogP contribution in [0.25, 0.3) is 5.57 Å². The van der Waals surface area contributed by atoms with E-state index in [1.54, 1.807) is 0 Å². The van der Waals surface area contributed by atoms with E-state index in [1.807, 2.05) is 6.07 Å². The molecule has 0 bridgehead atoms. The normalized spacial score (nSPS) is 11.8. The van der Waals surface area contributed by atoms with Gasteiger partial charge in [-0.1, -0.05) is 0 Å². The number of hydrogen-bond donors (Lipinski definition) is 3. The van der Waals surface area contributed by atoms with Gasteiger partial charge in [-0.05, 0) is 17.3 Å². The zero-order chi connectivity index (χ0) is 16.2. The van der Waals surface area contributed by atoms with Crippen LogP contribution in [0.1, 0.15) is 5.82 Å². The summed E-state index contributed by atoms with van der Waals surface area (Å²) in [6.07, 6.45) is 1.19. The van der Waals surface area contributed by atoms with E-state index in [1.165, 1.54) is 31.5 Å². The van der Waals surface area contributed by atoms with E-state index >= 15 is 0 Å². The van der Waals surface area contributed by atoms with Crippen LogP contribution in [-0.4, -0.2) is 40.7 Å². The number of nitrogens with one attached hydrogen (secondary N) is 2. The molecule has 0 aliphatic heterocycles. The maximum Gasteiger partial charge on any atom is 0.296 e. The lowest BCUT2D eigenvalue weighted by Gasteiger charge is -2.09. The van der Waals surface area contributed by atoms with Crippen molar-refractivity contribution in [2.75, 3.05) is 12.4 Å². The van der Waals surface area contributed by atoms with Crippen molar-refractivity contribution in [3.05, 3.63) is 30.2 Å². The predicted octanol–water partition coefficient (Wildman–Crippen LogP) is 0.432. The molecule has 114 valence electrons. The number of aromatic nitrogens is 4. The number of rotatable bonds is 5. The molecule has 0 amide bonds. The van der Waals surface area contributed by atoms with Crippen molar-refractivity contribution in [3.8, 4) is 11.8 Å². The number of allylic oxidation sites excluding steroid dienone is 1. The Labute approximate surface area is 125 Å². The van der Waals surface area contributed by atoms with Crippen LogP contribution in [0.4, 0.5) is 5.69 Å². The summed E-state index contributed by atoms with van der Waals surface area (Å²) in [7, 11) is -3.04. The van der Waals surface area contributed by atoms with E-state index in [4.69, 9.17) is 10.00 Å². The molecule has 2 rings (SSSR count). The van der Waals surface area contributed by atoms with Crippen LogP contribution < -0.4 is 10.1 Å². The number of nitrogens with zero attached hydrogens (tertiary/aromatic N) is 4. The molecular weight excluding hydrogens is 312 g/mol. The van der Waals surface area contributed by atoms with Crippen molar-refractivity contribution in [1.29, 1.82) is 5.26 Å². The minimum Gasteiger partial charge on any atom is -0.497 e. The van der Waals surface area contributed by atoms with Gasteiger partial charge in [0.2, 0.25) is 5.82 Å². The van der Waals surface area contributed by atoms with Crippen molar-refractivity contribution in [3.63, 3.8) is 0 Å². The second-order valence-corrected chi connectivity index (χ2v) is 5.28. The van der Waals surface area contributed by atoms with Crippen LogP contribution in [0.2, 0.25) is 0 Å². The van der Waals surface area contributed by atoms with Crippen molar-refractivity contribution < 1.29 is 17.7 Å². The Morgan fingerprint density at radius 1 is 1.55 bits per heavy atom. The Kier molecular flexibility index (Phi) is 4.35. The standard InChI is InChI=1S/C11H10N6O4S/c1-21-8-2-3-10(22(18,19)20)9(4-8)13-6-7(5-12)11-14-16-17-15-11/h2-4,6,13H,1H3,(H,18,19,20)(H,14,15,16,17). The van der Waals surface area contributed by atoms with Gasteiger partial charge in [0.1, 0.15) is 22.3 Å². The molecule has 0 fully saturated rings. The van der Waals surface area contributed by atoms with Gasteiger partial charge in [0.05, 0.1) is 12.8 Å². The van der Waals surface area contributed by atoms with E-state index in [9.17, 15) is 13.0 Å². The molecule has 3 N–H and O–H groups in total. The SMILES string of the molecule is COc1ccc(S(=O)(=O)O)c(NC=C(C#N)c2nn[nH]n2)c1. The smallest absolute Gasteiger partial charge is 0.296 e. The van der Waals surface area contributed by atoms with Gasteiger partial charge in [0.25, 0.3) is 10.1 Å². The largest absolute Gasteiger partial charge is 0.497 e. The van der Waals surface area contributed by atoms with Gasteiger partial charge < -0.3 is 10.1 Å². The second-order valence-electron chi connectivity index (χ2n) is 3.89. The van der Waals surface area contributed by atoms with Crippen LogP contribution >= 0.6 is 0 Å². The molecule has 0 radical (unpaired) electrons. The average molecular weight is 322 g/mol. The van der Waals surface area contributed by atoms with Crippen molar-refractivity contribution >= 4 is 21.4 Å². The van der Waals surface area contributed by atoms with Gasteiger partial charge in [-0.2, -0.15) is 18.9 Å².